The first kappa shape index (κ1) is 13.2. The van der Waals surface area contributed by atoms with Gasteiger partial charge in [0.1, 0.15) is 0 Å². The summed E-state index contributed by atoms with van der Waals surface area (Å²) >= 11 is 8.25. The molecule has 0 spiro atoms. The monoisotopic (exact) mass is 273 g/mol. The van der Waals surface area contributed by atoms with E-state index in [-0.39, 0.29) is 0 Å². The second kappa shape index (κ2) is 6.12. The molecule has 1 aromatic heterocycles. The number of nitrogens with one attached hydrogen (secondary N) is 1. The lowest BCUT2D eigenvalue weighted by Gasteiger charge is -2.19. The third-order valence-electron chi connectivity index (χ3n) is 3.42. The van der Waals surface area contributed by atoms with Crippen LogP contribution in [0, 0.1) is 0 Å². The number of nitrogens with zero attached hydrogens (tertiary/aromatic N) is 2. The van der Waals surface area contributed by atoms with Crippen molar-refractivity contribution in [2.75, 3.05) is 12.8 Å². The van der Waals surface area contributed by atoms with Gasteiger partial charge in [0.25, 0.3) is 0 Å². The van der Waals surface area contributed by atoms with E-state index in [0.29, 0.717) is 6.04 Å². The normalized spacial score (nSPS) is 18.8. The largest absolute Gasteiger partial charge is 0.311 e. The molecule has 0 aromatic carbocycles. The van der Waals surface area contributed by atoms with Gasteiger partial charge in [0, 0.05) is 18.1 Å². The lowest BCUT2D eigenvalue weighted by Crippen LogP contribution is -2.22. The van der Waals surface area contributed by atoms with E-state index in [1.165, 1.54) is 25.7 Å². The van der Waals surface area contributed by atoms with Crippen LogP contribution in [0.2, 0.25) is 5.02 Å². The van der Waals surface area contributed by atoms with E-state index < -0.39 is 0 Å². The molecule has 1 aromatic rings. The summed E-state index contributed by atoms with van der Waals surface area (Å²) in [5.74, 6) is 1.07. The van der Waals surface area contributed by atoms with Crippen LogP contribution >= 0.6 is 23.4 Å². The van der Waals surface area contributed by atoms with Crippen molar-refractivity contribution in [3.05, 3.63) is 16.9 Å². The molecule has 0 saturated heterocycles. The average Bonchev–Trinajstić information content (AvgIpc) is 2.93. The zero-order valence-corrected chi connectivity index (χ0v) is 12.0. The first-order valence-electron chi connectivity index (χ1n) is 6.18. The maximum atomic E-state index is 6.18. The summed E-state index contributed by atoms with van der Waals surface area (Å²) in [4.78, 5) is 0. The topological polar surface area (TPSA) is 29.9 Å². The van der Waals surface area contributed by atoms with E-state index in [1.807, 2.05) is 18.8 Å². The highest BCUT2D eigenvalue weighted by molar-refractivity contribution is 7.99. The fraction of sp³-hybridized carbons (Fsp3) is 0.750. The fourth-order valence-corrected chi connectivity index (χ4v) is 4.15. The minimum absolute atomic E-state index is 0.292. The molecule has 1 saturated carbocycles. The molecule has 1 unspecified atom stereocenters. The molecule has 3 nitrogen and oxygen atoms in total. The quantitative estimate of drug-likeness (QED) is 0.894. The minimum atomic E-state index is 0.292. The fourth-order valence-electron chi connectivity index (χ4n) is 2.40. The second-order valence-electron chi connectivity index (χ2n) is 4.58. The molecule has 0 bridgehead atoms. The highest BCUT2D eigenvalue weighted by atomic mass is 35.5. The Balaban J connectivity index is 1.96. The van der Waals surface area contributed by atoms with Crippen LogP contribution in [-0.4, -0.2) is 27.8 Å². The summed E-state index contributed by atoms with van der Waals surface area (Å²) in [6, 6.07) is 0.292. The molecular weight excluding hydrogens is 254 g/mol. The van der Waals surface area contributed by atoms with Crippen molar-refractivity contribution in [1.82, 2.24) is 15.1 Å². The number of hydrogen-bond donors (Lipinski definition) is 1. The maximum Gasteiger partial charge on any atom is 0.0834 e. The van der Waals surface area contributed by atoms with Crippen LogP contribution in [0.5, 0.6) is 0 Å². The first-order valence-corrected chi connectivity index (χ1v) is 7.61. The second-order valence-corrected chi connectivity index (χ2v) is 6.32. The average molecular weight is 274 g/mol. The Bertz CT molecular complexity index is 341. The summed E-state index contributed by atoms with van der Waals surface area (Å²) in [6.07, 6.45) is 7.27. The Labute approximate surface area is 112 Å². The van der Waals surface area contributed by atoms with Crippen LogP contribution in [0.3, 0.4) is 0 Å². The van der Waals surface area contributed by atoms with E-state index in [1.54, 1.807) is 6.20 Å². The van der Waals surface area contributed by atoms with Crippen LogP contribution in [-0.2, 0) is 7.05 Å². The van der Waals surface area contributed by atoms with Gasteiger partial charge in [-0.05, 0) is 19.9 Å². The molecule has 17 heavy (non-hydrogen) atoms. The van der Waals surface area contributed by atoms with Gasteiger partial charge in [-0.2, -0.15) is 16.9 Å². The molecule has 1 atom stereocenters. The highest BCUT2D eigenvalue weighted by Crippen LogP contribution is 2.33. The molecule has 1 aliphatic rings. The minimum Gasteiger partial charge on any atom is -0.311 e. The smallest absolute Gasteiger partial charge is 0.0834 e. The van der Waals surface area contributed by atoms with Crippen molar-refractivity contribution in [3.63, 3.8) is 0 Å². The first-order chi connectivity index (χ1) is 8.22. The van der Waals surface area contributed by atoms with Gasteiger partial charge < -0.3 is 5.32 Å². The SMILES string of the molecule is CNC(CSC1CCCC1)c1c(Cl)cnn1C. The van der Waals surface area contributed by atoms with E-state index in [2.05, 4.69) is 22.2 Å². The van der Waals surface area contributed by atoms with Gasteiger partial charge in [-0.3, -0.25) is 4.68 Å². The van der Waals surface area contributed by atoms with Gasteiger partial charge in [-0.25, -0.2) is 0 Å². The molecule has 1 fully saturated rings. The van der Waals surface area contributed by atoms with Gasteiger partial charge in [0.05, 0.1) is 23.0 Å². The van der Waals surface area contributed by atoms with Crippen molar-refractivity contribution in [3.8, 4) is 0 Å². The third-order valence-corrected chi connectivity index (χ3v) is 5.18. The molecule has 0 radical (unpaired) electrons. The Morgan fingerprint density at radius 2 is 2.29 bits per heavy atom. The summed E-state index contributed by atoms with van der Waals surface area (Å²) < 4.78 is 1.87. The Kier molecular flexibility index (Phi) is 4.77. The van der Waals surface area contributed by atoms with E-state index in [4.69, 9.17) is 11.6 Å². The van der Waals surface area contributed by atoms with Gasteiger partial charge in [0.15, 0.2) is 0 Å². The van der Waals surface area contributed by atoms with Crippen molar-refractivity contribution < 1.29 is 0 Å². The molecule has 2 rings (SSSR count). The number of aryl methyl sites for hydroxylation is 1. The van der Waals surface area contributed by atoms with Crippen LogP contribution < -0.4 is 5.32 Å². The summed E-state index contributed by atoms with van der Waals surface area (Å²) in [7, 11) is 3.94. The standard InChI is InChI=1S/C12H20ClN3S/c1-14-11(8-17-9-5-3-4-6-9)12-10(13)7-15-16(12)2/h7,9,11,14H,3-6,8H2,1-2H3. The van der Waals surface area contributed by atoms with E-state index in [9.17, 15) is 0 Å². The zero-order chi connectivity index (χ0) is 12.3. The highest BCUT2D eigenvalue weighted by Gasteiger charge is 2.21. The van der Waals surface area contributed by atoms with Crippen LogP contribution in [0.4, 0.5) is 0 Å². The molecule has 96 valence electrons. The number of hydrogen-bond acceptors (Lipinski definition) is 3. The molecule has 5 heteroatoms. The molecular formula is C12H20ClN3S. The van der Waals surface area contributed by atoms with Crippen molar-refractivity contribution in [2.45, 2.75) is 37.0 Å². The lowest BCUT2D eigenvalue weighted by atomic mass is 10.2. The van der Waals surface area contributed by atoms with E-state index >= 15 is 0 Å². The third kappa shape index (κ3) is 3.18. The van der Waals surface area contributed by atoms with Crippen molar-refractivity contribution in [1.29, 1.82) is 0 Å². The maximum absolute atomic E-state index is 6.18. The van der Waals surface area contributed by atoms with Crippen LogP contribution in [0.25, 0.3) is 0 Å². The predicted octanol–water partition coefficient (Wildman–Crippen LogP) is 3.01. The van der Waals surface area contributed by atoms with Gasteiger partial charge in [0.2, 0.25) is 0 Å². The Morgan fingerprint density at radius 1 is 1.59 bits per heavy atom. The Morgan fingerprint density at radius 3 is 2.82 bits per heavy atom. The van der Waals surface area contributed by atoms with Crippen molar-refractivity contribution in [2.24, 2.45) is 7.05 Å². The lowest BCUT2D eigenvalue weighted by molar-refractivity contribution is 0.585. The predicted molar refractivity (Wildman–Crippen MR) is 74.7 cm³/mol. The van der Waals surface area contributed by atoms with Crippen LogP contribution in [0.15, 0.2) is 6.20 Å². The van der Waals surface area contributed by atoms with Gasteiger partial charge in [-0.15, -0.1) is 0 Å². The van der Waals surface area contributed by atoms with Gasteiger partial charge in [-0.1, -0.05) is 24.4 Å². The van der Waals surface area contributed by atoms with Gasteiger partial charge >= 0.3 is 0 Å². The Hall–Kier alpha value is -0.190. The van der Waals surface area contributed by atoms with Crippen molar-refractivity contribution >= 4 is 23.4 Å². The number of rotatable bonds is 5. The molecule has 1 heterocycles. The molecule has 0 aliphatic heterocycles. The molecule has 0 amide bonds. The zero-order valence-electron chi connectivity index (χ0n) is 10.4. The number of halogens is 1. The summed E-state index contributed by atoms with van der Waals surface area (Å²) in [5, 5.41) is 9.15. The van der Waals surface area contributed by atoms with E-state index in [0.717, 1.165) is 21.7 Å². The summed E-state index contributed by atoms with van der Waals surface area (Å²) in [5.41, 5.74) is 1.10. The number of thioether (sulfide) groups is 1. The number of aromatic nitrogens is 2. The van der Waals surface area contributed by atoms with Crippen LogP contribution in [0.1, 0.15) is 37.4 Å². The molecule has 1 aliphatic carbocycles. The molecule has 1 N–H and O–H groups in total. The summed E-state index contributed by atoms with van der Waals surface area (Å²) in [6.45, 7) is 0.